The van der Waals surface area contributed by atoms with Crippen LogP contribution in [0.1, 0.15) is 25.3 Å². The summed E-state index contributed by atoms with van der Waals surface area (Å²) in [6.45, 7) is 2.61. The first-order chi connectivity index (χ1) is 7.95. The zero-order valence-electron chi connectivity index (χ0n) is 10.4. The third kappa shape index (κ3) is 4.36. The molecule has 96 valence electrons. The summed E-state index contributed by atoms with van der Waals surface area (Å²) in [6, 6.07) is 7.00. The lowest BCUT2D eigenvalue weighted by molar-refractivity contribution is 0.458. The quantitative estimate of drug-likeness (QED) is 0.790. The number of hydrogen-bond acceptors (Lipinski definition) is 3. The van der Waals surface area contributed by atoms with Gasteiger partial charge in [0.1, 0.15) is 0 Å². The average Bonchev–Trinajstić information content (AvgIpc) is 2.25. The molecule has 1 aromatic rings. The first-order valence-corrected chi connectivity index (χ1v) is 7.35. The van der Waals surface area contributed by atoms with Crippen LogP contribution in [0.25, 0.3) is 0 Å². The molecule has 0 atom stereocenters. The lowest BCUT2D eigenvalue weighted by atomic mass is 10.2. The monoisotopic (exact) mass is 256 g/mol. The summed E-state index contributed by atoms with van der Waals surface area (Å²) in [7, 11) is -1.60. The minimum Gasteiger partial charge on any atom is -0.399 e. The highest BCUT2D eigenvalue weighted by molar-refractivity contribution is 7.88. The summed E-state index contributed by atoms with van der Waals surface area (Å²) < 4.78 is 25.4. The van der Waals surface area contributed by atoms with E-state index in [1.54, 1.807) is 31.3 Å². The molecule has 0 radical (unpaired) electrons. The maximum Gasteiger partial charge on any atom is 0.218 e. The topological polar surface area (TPSA) is 63.4 Å². The van der Waals surface area contributed by atoms with Crippen LogP contribution in [0.3, 0.4) is 0 Å². The molecule has 0 heterocycles. The van der Waals surface area contributed by atoms with Crippen LogP contribution in [0.5, 0.6) is 0 Å². The molecular weight excluding hydrogens is 236 g/mol. The van der Waals surface area contributed by atoms with Gasteiger partial charge in [0.05, 0.1) is 5.75 Å². The van der Waals surface area contributed by atoms with E-state index in [9.17, 15) is 8.42 Å². The smallest absolute Gasteiger partial charge is 0.218 e. The molecule has 0 saturated heterocycles. The molecule has 0 spiro atoms. The van der Waals surface area contributed by atoms with Crippen LogP contribution in [-0.4, -0.2) is 26.3 Å². The van der Waals surface area contributed by atoms with Crippen LogP contribution in [0.4, 0.5) is 5.69 Å². The van der Waals surface area contributed by atoms with Crippen LogP contribution in [-0.2, 0) is 15.8 Å². The summed E-state index contributed by atoms with van der Waals surface area (Å²) in [4.78, 5) is 0. The van der Waals surface area contributed by atoms with Crippen molar-refractivity contribution in [2.45, 2.75) is 25.5 Å². The predicted molar refractivity (Wildman–Crippen MR) is 71.0 cm³/mol. The van der Waals surface area contributed by atoms with Crippen molar-refractivity contribution in [3.63, 3.8) is 0 Å². The van der Waals surface area contributed by atoms with Crippen LogP contribution in [0.15, 0.2) is 24.3 Å². The Morgan fingerprint density at radius 2 is 2.06 bits per heavy atom. The molecule has 0 aliphatic carbocycles. The number of nitrogen functional groups attached to an aromatic ring is 1. The van der Waals surface area contributed by atoms with E-state index >= 15 is 0 Å². The number of benzene rings is 1. The number of sulfonamides is 1. The number of unbranched alkanes of at least 4 members (excludes halogenated alkanes) is 1. The SMILES string of the molecule is CCCCN(C)S(=O)(=O)Cc1cccc(N)c1. The van der Waals surface area contributed by atoms with E-state index in [-0.39, 0.29) is 5.75 Å². The van der Waals surface area contributed by atoms with Crippen molar-refractivity contribution >= 4 is 15.7 Å². The molecule has 2 N–H and O–H groups in total. The van der Waals surface area contributed by atoms with E-state index < -0.39 is 10.0 Å². The number of nitrogens with two attached hydrogens (primary N) is 1. The van der Waals surface area contributed by atoms with Crippen molar-refractivity contribution in [3.05, 3.63) is 29.8 Å². The molecule has 0 saturated carbocycles. The molecule has 0 amide bonds. The van der Waals surface area contributed by atoms with Gasteiger partial charge in [0, 0.05) is 19.3 Å². The van der Waals surface area contributed by atoms with E-state index in [1.807, 2.05) is 6.92 Å². The maximum absolute atomic E-state index is 12.0. The van der Waals surface area contributed by atoms with Crippen LogP contribution in [0.2, 0.25) is 0 Å². The van der Waals surface area contributed by atoms with Gasteiger partial charge < -0.3 is 5.73 Å². The second-order valence-corrected chi connectivity index (χ2v) is 6.25. The Hall–Kier alpha value is -1.07. The first-order valence-electron chi connectivity index (χ1n) is 5.74. The molecule has 0 aromatic heterocycles. The predicted octanol–water partition coefficient (Wildman–Crippen LogP) is 1.83. The van der Waals surface area contributed by atoms with E-state index in [2.05, 4.69) is 0 Å². The van der Waals surface area contributed by atoms with Crippen molar-refractivity contribution in [1.82, 2.24) is 4.31 Å². The molecule has 5 heteroatoms. The summed E-state index contributed by atoms with van der Waals surface area (Å²) in [5, 5.41) is 0. The fourth-order valence-electron chi connectivity index (χ4n) is 1.52. The molecule has 0 bridgehead atoms. The average molecular weight is 256 g/mol. The number of nitrogens with zero attached hydrogens (tertiary/aromatic N) is 1. The fourth-order valence-corrected chi connectivity index (χ4v) is 2.75. The molecule has 0 aliphatic rings. The Labute approximate surface area is 103 Å². The van der Waals surface area contributed by atoms with Crippen molar-refractivity contribution in [2.24, 2.45) is 0 Å². The highest BCUT2D eigenvalue weighted by Gasteiger charge is 2.17. The molecule has 0 fully saturated rings. The van der Waals surface area contributed by atoms with Crippen LogP contribution in [0, 0.1) is 0 Å². The minimum absolute atomic E-state index is 0.0122. The van der Waals surface area contributed by atoms with Gasteiger partial charge in [-0.05, 0) is 24.1 Å². The lowest BCUT2D eigenvalue weighted by Crippen LogP contribution is -2.29. The van der Waals surface area contributed by atoms with E-state index in [0.29, 0.717) is 12.2 Å². The largest absolute Gasteiger partial charge is 0.399 e. The van der Waals surface area contributed by atoms with E-state index in [0.717, 1.165) is 18.4 Å². The van der Waals surface area contributed by atoms with Gasteiger partial charge in [0.2, 0.25) is 10.0 Å². The van der Waals surface area contributed by atoms with Gasteiger partial charge in [-0.1, -0.05) is 25.5 Å². The summed E-state index contributed by atoms with van der Waals surface area (Å²) in [5.41, 5.74) is 6.95. The molecule has 4 nitrogen and oxygen atoms in total. The minimum atomic E-state index is -3.22. The second-order valence-electron chi connectivity index (χ2n) is 4.18. The fraction of sp³-hybridized carbons (Fsp3) is 0.500. The van der Waals surface area contributed by atoms with Crippen molar-refractivity contribution in [1.29, 1.82) is 0 Å². The Bertz CT molecular complexity index is 457. The third-order valence-electron chi connectivity index (χ3n) is 2.60. The molecule has 1 rings (SSSR count). The number of rotatable bonds is 6. The second kappa shape index (κ2) is 6.02. The molecule has 1 aromatic carbocycles. The number of hydrogen-bond donors (Lipinski definition) is 1. The van der Waals surface area contributed by atoms with Gasteiger partial charge in [0.15, 0.2) is 0 Å². The Morgan fingerprint density at radius 1 is 1.35 bits per heavy atom. The zero-order chi connectivity index (χ0) is 12.9. The van der Waals surface area contributed by atoms with Crippen molar-refractivity contribution < 1.29 is 8.42 Å². The normalized spacial score (nSPS) is 11.9. The molecular formula is C12H20N2O2S. The molecule has 17 heavy (non-hydrogen) atoms. The maximum atomic E-state index is 12.0. The lowest BCUT2D eigenvalue weighted by Gasteiger charge is -2.16. The van der Waals surface area contributed by atoms with Crippen LogP contribution >= 0.6 is 0 Å². The standard InChI is InChI=1S/C12H20N2O2S/c1-3-4-8-14(2)17(15,16)10-11-6-5-7-12(13)9-11/h5-7,9H,3-4,8,10,13H2,1-2H3. The highest BCUT2D eigenvalue weighted by atomic mass is 32.2. The highest BCUT2D eigenvalue weighted by Crippen LogP contribution is 2.13. The summed E-state index contributed by atoms with van der Waals surface area (Å²) in [6.07, 6.45) is 1.87. The Kier molecular flexibility index (Phi) is 4.96. The van der Waals surface area contributed by atoms with Gasteiger partial charge in [0.25, 0.3) is 0 Å². The zero-order valence-corrected chi connectivity index (χ0v) is 11.2. The Morgan fingerprint density at radius 3 is 2.65 bits per heavy atom. The summed E-state index contributed by atoms with van der Waals surface area (Å²) >= 11 is 0. The third-order valence-corrected chi connectivity index (χ3v) is 4.43. The van der Waals surface area contributed by atoms with Gasteiger partial charge in [-0.15, -0.1) is 0 Å². The van der Waals surface area contributed by atoms with Gasteiger partial charge in [-0.25, -0.2) is 12.7 Å². The van der Waals surface area contributed by atoms with Crippen molar-refractivity contribution in [2.75, 3.05) is 19.3 Å². The first kappa shape index (κ1) is 14.0. The number of anilines is 1. The van der Waals surface area contributed by atoms with Gasteiger partial charge in [-0.2, -0.15) is 0 Å². The molecule has 0 aliphatic heterocycles. The van der Waals surface area contributed by atoms with E-state index in [4.69, 9.17) is 5.73 Å². The molecule has 0 unspecified atom stereocenters. The Balaban J connectivity index is 2.72. The van der Waals surface area contributed by atoms with Gasteiger partial charge >= 0.3 is 0 Å². The summed E-state index contributed by atoms with van der Waals surface area (Å²) in [5.74, 6) is 0.0122. The van der Waals surface area contributed by atoms with Gasteiger partial charge in [-0.3, -0.25) is 0 Å². The van der Waals surface area contributed by atoms with E-state index in [1.165, 1.54) is 4.31 Å². The van der Waals surface area contributed by atoms with Crippen molar-refractivity contribution in [3.8, 4) is 0 Å². The van der Waals surface area contributed by atoms with Crippen LogP contribution < -0.4 is 5.73 Å².